The average molecular weight is 288 g/mol. The van der Waals surface area contributed by atoms with Crippen LogP contribution in [-0.2, 0) is 22.8 Å². The van der Waals surface area contributed by atoms with Gasteiger partial charge < -0.3 is 18.0 Å². The normalized spacial score (nSPS) is 12.4. The van der Waals surface area contributed by atoms with E-state index >= 15 is 0 Å². The van der Waals surface area contributed by atoms with Crippen LogP contribution in [0.5, 0.6) is 0 Å². The van der Waals surface area contributed by atoms with Gasteiger partial charge in [0.1, 0.15) is 5.76 Å². The van der Waals surface area contributed by atoms with Gasteiger partial charge in [-0.25, -0.2) is 4.79 Å². The van der Waals surface area contributed by atoms with E-state index in [1.807, 2.05) is 13.0 Å². The standard InChI is InChI=1S/C13H24O5Si/c1-7-8-12(18-13(14)11(2)3)9-10-19(15-4,16-5)17-6/h8H,2,7,9-10H2,1,3-6H3. The lowest BCUT2D eigenvalue weighted by atomic mass is 10.3. The van der Waals surface area contributed by atoms with Crippen molar-refractivity contribution in [3.8, 4) is 0 Å². The van der Waals surface area contributed by atoms with Crippen molar-refractivity contribution in [1.29, 1.82) is 0 Å². The molecule has 19 heavy (non-hydrogen) atoms. The molecule has 5 nitrogen and oxygen atoms in total. The van der Waals surface area contributed by atoms with Crippen LogP contribution < -0.4 is 0 Å². The lowest BCUT2D eigenvalue weighted by Gasteiger charge is -2.24. The highest BCUT2D eigenvalue weighted by Crippen LogP contribution is 2.20. The summed E-state index contributed by atoms with van der Waals surface area (Å²) in [5.74, 6) is 0.178. The molecule has 0 atom stereocenters. The third kappa shape index (κ3) is 6.15. The Labute approximate surface area is 116 Å². The molecule has 0 fully saturated rings. The number of allylic oxidation sites excluding steroid dienone is 2. The van der Waals surface area contributed by atoms with E-state index < -0.39 is 14.8 Å². The molecule has 0 rings (SSSR count). The van der Waals surface area contributed by atoms with Gasteiger partial charge in [0.15, 0.2) is 0 Å². The fourth-order valence-electron chi connectivity index (χ4n) is 1.46. The third-order valence-electron chi connectivity index (χ3n) is 2.61. The van der Waals surface area contributed by atoms with Crippen LogP contribution in [0.4, 0.5) is 0 Å². The molecule has 0 aromatic heterocycles. The SMILES string of the molecule is C=C(C)C(=O)OC(=CCC)CC[Si](OC)(OC)OC. The van der Waals surface area contributed by atoms with Gasteiger partial charge in [0.05, 0.1) is 0 Å². The lowest BCUT2D eigenvalue weighted by molar-refractivity contribution is -0.135. The van der Waals surface area contributed by atoms with Crippen LogP contribution in [0, 0.1) is 0 Å². The topological polar surface area (TPSA) is 54.0 Å². The molecule has 0 amide bonds. The summed E-state index contributed by atoms with van der Waals surface area (Å²) in [5, 5.41) is 0. The van der Waals surface area contributed by atoms with Gasteiger partial charge in [-0.1, -0.05) is 13.5 Å². The molecule has 0 aromatic rings. The van der Waals surface area contributed by atoms with E-state index in [0.29, 0.717) is 23.8 Å². The molecule has 0 bridgehead atoms. The van der Waals surface area contributed by atoms with Gasteiger partial charge in [-0.05, 0) is 19.4 Å². The predicted octanol–water partition coefficient (Wildman–Crippen LogP) is 2.67. The molecule has 0 aliphatic carbocycles. The summed E-state index contributed by atoms with van der Waals surface area (Å²) in [4.78, 5) is 11.5. The van der Waals surface area contributed by atoms with Crippen molar-refractivity contribution in [2.45, 2.75) is 32.7 Å². The largest absolute Gasteiger partial charge is 0.500 e. The van der Waals surface area contributed by atoms with Gasteiger partial charge in [-0.2, -0.15) is 0 Å². The Morgan fingerprint density at radius 3 is 2.11 bits per heavy atom. The number of hydrogen-bond acceptors (Lipinski definition) is 5. The van der Waals surface area contributed by atoms with E-state index in [0.717, 1.165) is 6.42 Å². The Morgan fingerprint density at radius 1 is 1.21 bits per heavy atom. The Hall–Kier alpha value is -0.953. The Morgan fingerprint density at radius 2 is 1.74 bits per heavy atom. The van der Waals surface area contributed by atoms with Crippen LogP contribution in [0.1, 0.15) is 26.7 Å². The first kappa shape index (κ1) is 18.0. The van der Waals surface area contributed by atoms with Crippen molar-refractivity contribution < 1.29 is 22.8 Å². The Kier molecular flexibility index (Phi) is 8.58. The summed E-state index contributed by atoms with van der Waals surface area (Å²) < 4.78 is 21.2. The number of carbonyl (C=O) groups excluding carboxylic acids is 1. The zero-order chi connectivity index (χ0) is 14.9. The molecular weight excluding hydrogens is 264 g/mol. The van der Waals surface area contributed by atoms with Gasteiger partial charge >= 0.3 is 14.8 Å². The van der Waals surface area contributed by atoms with Crippen LogP contribution in [0.3, 0.4) is 0 Å². The van der Waals surface area contributed by atoms with Crippen LogP contribution >= 0.6 is 0 Å². The van der Waals surface area contributed by atoms with Gasteiger partial charge in [-0.15, -0.1) is 0 Å². The van der Waals surface area contributed by atoms with Crippen molar-refractivity contribution >= 4 is 14.8 Å². The minimum Gasteiger partial charge on any atom is -0.428 e. The number of esters is 1. The van der Waals surface area contributed by atoms with Gasteiger partial charge in [0, 0.05) is 39.4 Å². The van der Waals surface area contributed by atoms with Crippen molar-refractivity contribution in [2.24, 2.45) is 0 Å². The van der Waals surface area contributed by atoms with Gasteiger partial charge in [0.25, 0.3) is 0 Å². The highest BCUT2D eigenvalue weighted by atomic mass is 28.4. The van der Waals surface area contributed by atoms with E-state index in [4.69, 9.17) is 18.0 Å². The molecule has 0 N–H and O–H groups in total. The maximum atomic E-state index is 11.5. The maximum Gasteiger partial charge on any atom is 0.500 e. The van der Waals surface area contributed by atoms with Crippen molar-refractivity contribution in [3.05, 3.63) is 24.0 Å². The molecule has 0 unspecified atom stereocenters. The molecule has 0 aliphatic heterocycles. The smallest absolute Gasteiger partial charge is 0.428 e. The molecule has 0 radical (unpaired) electrons. The fraction of sp³-hybridized carbons (Fsp3) is 0.615. The summed E-state index contributed by atoms with van der Waals surface area (Å²) in [6, 6.07) is 0.547. The second-order valence-corrected chi connectivity index (χ2v) is 7.13. The zero-order valence-electron chi connectivity index (χ0n) is 12.4. The molecule has 0 aliphatic rings. The van der Waals surface area contributed by atoms with Crippen LogP contribution in [0.15, 0.2) is 24.0 Å². The maximum absolute atomic E-state index is 11.5. The highest BCUT2D eigenvalue weighted by molar-refractivity contribution is 6.60. The van der Waals surface area contributed by atoms with Crippen LogP contribution in [0.25, 0.3) is 0 Å². The first-order valence-corrected chi connectivity index (χ1v) is 8.10. The first-order chi connectivity index (χ1) is 8.94. The third-order valence-corrected chi connectivity index (χ3v) is 5.34. The monoisotopic (exact) mass is 288 g/mol. The Bertz CT molecular complexity index is 326. The van der Waals surface area contributed by atoms with E-state index in [2.05, 4.69) is 6.58 Å². The van der Waals surface area contributed by atoms with Crippen molar-refractivity contribution in [1.82, 2.24) is 0 Å². The predicted molar refractivity (Wildman–Crippen MR) is 75.5 cm³/mol. The molecule has 0 aromatic carbocycles. The second-order valence-electron chi connectivity index (χ2n) is 4.04. The second kappa shape index (κ2) is 9.03. The molecule has 0 saturated carbocycles. The lowest BCUT2D eigenvalue weighted by Crippen LogP contribution is -2.42. The minimum absolute atomic E-state index is 0.371. The molecule has 6 heteroatoms. The molecule has 0 saturated heterocycles. The summed E-state index contributed by atoms with van der Waals surface area (Å²) in [6.07, 6.45) is 3.16. The fourth-order valence-corrected chi connectivity index (χ4v) is 3.13. The van der Waals surface area contributed by atoms with E-state index in [1.54, 1.807) is 28.3 Å². The van der Waals surface area contributed by atoms with Crippen LogP contribution in [0.2, 0.25) is 6.04 Å². The van der Waals surface area contributed by atoms with Crippen molar-refractivity contribution in [3.63, 3.8) is 0 Å². The summed E-state index contributed by atoms with van der Waals surface area (Å²) >= 11 is 0. The van der Waals surface area contributed by atoms with Crippen molar-refractivity contribution in [2.75, 3.05) is 21.3 Å². The summed E-state index contributed by atoms with van der Waals surface area (Å²) in [6.45, 7) is 7.15. The zero-order valence-corrected chi connectivity index (χ0v) is 13.4. The number of hydrogen-bond donors (Lipinski definition) is 0. The minimum atomic E-state index is -2.64. The van der Waals surface area contributed by atoms with E-state index in [1.165, 1.54) is 0 Å². The summed E-state index contributed by atoms with van der Waals surface area (Å²) in [5.41, 5.74) is 0.371. The molecule has 110 valence electrons. The molecule has 0 heterocycles. The van der Waals surface area contributed by atoms with Gasteiger partial charge in [0.2, 0.25) is 0 Å². The number of carbonyl (C=O) groups is 1. The van der Waals surface area contributed by atoms with Crippen LogP contribution in [-0.4, -0.2) is 36.1 Å². The van der Waals surface area contributed by atoms with E-state index in [-0.39, 0.29) is 0 Å². The molecular formula is C13H24O5Si. The quantitative estimate of drug-likeness (QED) is 0.282. The number of ether oxygens (including phenoxy) is 1. The highest BCUT2D eigenvalue weighted by Gasteiger charge is 2.37. The first-order valence-electron chi connectivity index (χ1n) is 6.16. The number of rotatable bonds is 9. The average Bonchev–Trinajstić information content (AvgIpc) is 2.40. The summed E-state index contributed by atoms with van der Waals surface area (Å²) in [7, 11) is 2.03. The van der Waals surface area contributed by atoms with E-state index in [9.17, 15) is 4.79 Å². The molecule has 0 spiro atoms. The van der Waals surface area contributed by atoms with Gasteiger partial charge in [-0.3, -0.25) is 0 Å². The Balaban J connectivity index is 4.65.